The zero-order valence-corrected chi connectivity index (χ0v) is 19.4. The number of halogens is 3. The molecule has 9 heteroatoms. The molecule has 2 aromatic carbocycles. The predicted octanol–water partition coefficient (Wildman–Crippen LogP) is 4.37. The molecule has 3 amide bonds. The van der Waals surface area contributed by atoms with Gasteiger partial charge < -0.3 is 5.32 Å². The smallest absolute Gasteiger partial charge is 0.351 e. The van der Waals surface area contributed by atoms with Crippen LogP contribution in [0.1, 0.15) is 48.2 Å². The predicted molar refractivity (Wildman–Crippen MR) is 124 cm³/mol. The molecule has 2 aromatic rings. The number of hydrazine groups is 1. The Labute approximate surface area is 201 Å². The molecular weight excluding hydrogens is 459 g/mol. The molecule has 2 aliphatic rings. The minimum absolute atomic E-state index is 0.0901. The Hall–Kier alpha value is -3.62. The van der Waals surface area contributed by atoms with Crippen molar-refractivity contribution in [3.05, 3.63) is 77.4 Å². The zero-order valence-electron chi connectivity index (χ0n) is 19.4. The molecule has 35 heavy (non-hydrogen) atoms. The second kappa shape index (κ2) is 9.20. The van der Waals surface area contributed by atoms with Crippen LogP contribution in [-0.4, -0.2) is 24.3 Å². The number of fused-ring (bicyclic) bond motifs is 1. The number of benzene rings is 2. The number of allylic oxidation sites excluding steroid dienone is 2. The average Bonchev–Trinajstić information content (AvgIpc) is 2.84. The Morgan fingerprint density at radius 1 is 1.00 bits per heavy atom. The van der Waals surface area contributed by atoms with Gasteiger partial charge in [0.05, 0.1) is 23.1 Å². The molecule has 1 saturated heterocycles. The first-order valence-corrected chi connectivity index (χ1v) is 11.3. The van der Waals surface area contributed by atoms with Crippen molar-refractivity contribution in [1.29, 1.82) is 0 Å². The third kappa shape index (κ3) is 5.08. The number of carbonyl (C=O) groups is 3. The number of nitrogens with one attached hydrogen (secondary N) is 2. The molecule has 1 heterocycles. The van der Waals surface area contributed by atoms with E-state index in [1.807, 2.05) is 12.2 Å². The summed E-state index contributed by atoms with van der Waals surface area (Å²) in [6.07, 6.45) is 0.338. The van der Waals surface area contributed by atoms with Crippen molar-refractivity contribution in [2.45, 2.75) is 38.3 Å². The van der Waals surface area contributed by atoms with Crippen LogP contribution >= 0.6 is 0 Å². The van der Waals surface area contributed by atoms with Crippen LogP contribution in [0.25, 0.3) is 0 Å². The van der Waals surface area contributed by atoms with E-state index in [2.05, 4.69) is 10.7 Å². The van der Waals surface area contributed by atoms with Crippen LogP contribution in [0.2, 0.25) is 0 Å². The van der Waals surface area contributed by atoms with Crippen LogP contribution in [0.3, 0.4) is 0 Å². The summed E-state index contributed by atoms with van der Waals surface area (Å²) in [6, 6.07) is 11.3. The van der Waals surface area contributed by atoms with Gasteiger partial charge in [0.1, 0.15) is 0 Å². The third-order valence-corrected chi connectivity index (χ3v) is 6.56. The largest absolute Gasteiger partial charge is 0.416 e. The number of anilines is 1. The van der Waals surface area contributed by atoms with Gasteiger partial charge in [-0.1, -0.05) is 50.3 Å². The summed E-state index contributed by atoms with van der Waals surface area (Å²) in [4.78, 5) is 38.4. The first kappa shape index (κ1) is 24.5. The second-order valence-electron chi connectivity index (χ2n) is 9.50. The third-order valence-electron chi connectivity index (χ3n) is 6.56. The van der Waals surface area contributed by atoms with Gasteiger partial charge in [0.2, 0.25) is 11.8 Å². The van der Waals surface area contributed by atoms with E-state index in [0.29, 0.717) is 24.1 Å². The minimum atomic E-state index is -4.45. The van der Waals surface area contributed by atoms with Crippen LogP contribution in [-0.2, 0) is 21.2 Å². The van der Waals surface area contributed by atoms with Gasteiger partial charge in [0.15, 0.2) is 0 Å². The van der Waals surface area contributed by atoms with Crippen molar-refractivity contribution in [3.8, 4) is 0 Å². The van der Waals surface area contributed by atoms with E-state index in [-0.39, 0.29) is 23.9 Å². The van der Waals surface area contributed by atoms with E-state index < -0.39 is 34.9 Å². The number of hydrogen-bond donors (Lipinski definition) is 2. The Bertz CT molecular complexity index is 1190. The highest BCUT2D eigenvalue weighted by atomic mass is 19.4. The second-order valence-corrected chi connectivity index (χ2v) is 9.50. The molecule has 1 fully saturated rings. The maximum Gasteiger partial charge on any atom is 0.416 e. The number of amides is 3. The Balaban J connectivity index is 1.47. The summed E-state index contributed by atoms with van der Waals surface area (Å²) in [5, 5.41) is 3.96. The zero-order chi connectivity index (χ0) is 25.4. The lowest BCUT2D eigenvalue weighted by Gasteiger charge is -2.38. The minimum Gasteiger partial charge on any atom is -0.351 e. The molecule has 4 rings (SSSR count). The number of rotatable bonds is 5. The fraction of sp³-hybridized carbons (Fsp3) is 0.346. The quantitative estimate of drug-likeness (QED) is 0.618. The SMILES string of the molecule is CC(C)(CNC(=O)c1cccc(N2NC(=O)C3CC=CCC3C2=O)c1)c1cccc(C(F)(F)F)c1. The molecule has 0 aromatic heterocycles. The normalized spacial score (nSPS) is 20.3. The molecule has 6 nitrogen and oxygen atoms in total. The summed E-state index contributed by atoms with van der Waals surface area (Å²) in [5.41, 5.74) is 2.18. The summed E-state index contributed by atoms with van der Waals surface area (Å²) in [7, 11) is 0. The summed E-state index contributed by atoms with van der Waals surface area (Å²) >= 11 is 0. The van der Waals surface area contributed by atoms with E-state index in [0.717, 1.165) is 12.1 Å². The van der Waals surface area contributed by atoms with E-state index >= 15 is 0 Å². The van der Waals surface area contributed by atoms with Gasteiger partial charge in [-0.3, -0.25) is 19.8 Å². The molecule has 2 unspecified atom stereocenters. The van der Waals surface area contributed by atoms with Crippen LogP contribution < -0.4 is 15.8 Å². The average molecular weight is 486 g/mol. The van der Waals surface area contributed by atoms with Gasteiger partial charge in [-0.15, -0.1) is 0 Å². The first-order chi connectivity index (χ1) is 16.5. The lowest BCUT2D eigenvalue weighted by molar-refractivity contribution is -0.140. The van der Waals surface area contributed by atoms with E-state index in [1.54, 1.807) is 38.1 Å². The van der Waals surface area contributed by atoms with E-state index in [1.165, 1.54) is 17.1 Å². The number of carbonyl (C=O) groups excluding carboxylic acids is 3. The maximum atomic E-state index is 13.1. The summed E-state index contributed by atoms with van der Waals surface area (Å²) in [5.74, 6) is -1.76. The van der Waals surface area contributed by atoms with Gasteiger partial charge >= 0.3 is 6.18 Å². The van der Waals surface area contributed by atoms with Crippen molar-refractivity contribution >= 4 is 23.4 Å². The maximum absolute atomic E-state index is 13.1. The molecule has 0 radical (unpaired) electrons. The molecule has 1 aliphatic carbocycles. The molecule has 0 saturated carbocycles. The fourth-order valence-electron chi connectivity index (χ4n) is 4.39. The number of nitrogens with zero attached hydrogens (tertiary/aromatic N) is 1. The topological polar surface area (TPSA) is 78.5 Å². The lowest BCUT2D eigenvalue weighted by atomic mass is 9.80. The van der Waals surface area contributed by atoms with Crippen molar-refractivity contribution in [2.75, 3.05) is 11.6 Å². The van der Waals surface area contributed by atoms with Crippen molar-refractivity contribution in [1.82, 2.24) is 10.7 Å². The standard InChI is InChI=1S/C26H26F3N3O3/c1-25(2,17-8-6-9-18(14-17)26(27,28)29)15-30-22(33)16-7-5-10-19(13-16)32-24(35)21-12-4-3-11-20(21)23(34)31-32/h3-10,13-14,20-21H,11-12,15H2,1-2H3,(H,30,33)(H,31,34). The molecule has 0 spiro atoms. The van der Waals surface area contributed by atoms with Gasteiger partial charge in [0, 0.05) is 17.5 Å². The van der Waals surface area contributed by atoms with Crippen LogP contribution in [0.15, 0.2) is 60.7 Å². The highest BCUT2D eigenvalue weighted by Gasteiger charge is 2.42. The van der Waals surface area contributed by atoms with Crippen molar-refractivity contribution < 1.29 is 27.6 Å². The molecular formula is C26H26F3N3O3. The van der Waals surface area contributed by atoms with Gasteiger partial charge in [-0.05, 0) is 42.7 Å². The molecule has 0 bridgehead atoms. The molecule has 1 aliphatic heterocycles. The van der Waals surface area contributed by atoms with Crippen LogP contribution in [0.4, 0.5) is 18.9 Å². The van der Waals surface area contributed by atoms with E-state index in [9.17, 15) is 27.6 Å². The Morgan fingerprint density at radius 2 is 1.66 bits per heavy atom. The van der Waals surface area contributed by atoms with E-state index in [4.69, 9.17) is 0 Å². The highest BCUT2D eigenvalue weighted by molar-refractivity contribution is 6.05. The highest BCUT2D eigenvalue weighted by Crippen LogP contribution is 2.34. The van der Waals surface area contributed by atoms with Crippen LogP contribution in [0.5, 0.6) is 0 Å². The number of hydrogen-bond acceptors (Lipinski definition) is 3. The van der Waals surface area contributed by atoms with Crippen LogP contribution in [0, 0.1) is 11.8 Å². The molecule has 2 atom stereocenters. The van der Waals surface area contributed by atoms with Gasteiger partial charge in [0.25, 0.3) is 5.91 Å². The summed E-state index contributed by atoms with van der Waals surface area (Å²) < 4.78 is 39.3. The first-order valence-electron chi connectivity index (χ1n) is 11.3. The fourth-order valence-corrected chi connectivity index (χ4v) is 4.39. The van der Waals surface area contributed by atoms with Crippen molar-refractivity contribution in [2.24, 2.45) is 11.8 Å². The summed E-state index contributed by atoms with van der Waals surface area (Å²) in [6.45, 7) is 3.58. The Kier molecular flexibility index (Phi) is 6.44. The monoisotopic (exact) mass is 485 g/mol. The molecule has 2 N–H and O–H groups in total. The number of alkyl halides is 3. The van der Waals surface area contributed by atoms with Crippen molar-refractivity contribution in [3.63, 3.8) is 0 Å². The Morgan fingerprint density at radius 3 is 2.37 bits per heavy atom. The molecule has 184 valence electrons. The lowest BCUT2D eigenvalue weighted by Crippen LogP contribution is -2.59. The van der Waals surface area contributed by atoms with Gasteiger partial charge in [-0.25, -0.2) is 5.01 Å². The van der Waals surface area contributed by atoms with Gasteiger partial charge in [-0.2, -0.15) is 13.2 Å².